The van der Waals surface area contributed by atoms with Crippen molar-refractivity contribution in [2.45, 2.75) is 6.92 Å². The third-order valence-corrected chi connectivity index (χ3v) is 4.61. The number of nitrogens with zero attached hydrogens (tertiary/aromatic N) is 3. The molecule has 6 heteroatoms. The summed E-state index contributed by atoms with van der Waals surface area (Å²) >= 11 is 0. The van der Waals surface area contributed by atoms with E-state index in [2.05, 4.69) is 15.5 Å². The van der Waals surface area contributed by atoms with E-state index in [1.165, 1.54) is 0 Å². The average molecular weight is 368 g/mol. The molecule has 5 aromatic rings. The van der Waals surface area contributed by atoms with Gasteiger partial charge in [-0.1, -0.05) is 36.4 Å². The second-order valence-electron chi connectivity index (χ2n) is 6.58. The molecule has 0 atom stereocenters. The summed E-state index contributed by atoms with van der Waals surface area (Å²) in [4.78, 5) is 14.2. The Balaban J connectivity index is 1.48. The number of benzene rings is 3. The first-order valence-corrected chi connectivity index (χ1v) is 8.90. The summed E-state index contributed by atoms with van der Waals surface area (Å²) in [6.07, 6.45) is 0. The highest BCUT2D eigenvalue weighted by Crippen LogP contribution is 2.24. The van der Waals surface area contributed by atoms with Gasteiger partial charge in [0.15, 0.2) is 5.76 Å². The van der Waals surface area contributed by atoms with E-state index >= 15 is 0 Å². The Morgan fingerprint density at radius 1 is 0.929 bits per heavy atom. The van der Waals surface area contributed by atoms with E-state index in [1.54, 1.807) is 10.9 Å². The van der Waals surface area contributed by atoms with Crippen molar-refractivity contribution in [3.05, 3.63) is 84.1 Å². The Bertz CT molecular complexity index is 1290. The van der Waals surface area contributed by atoms with Gasteiger partial charge in [-0.3, -0.25) is 4.79 Å². The zero-order valence-corrected chi connectivity index (χ0v) is 15.1. The molecule has 2 aromatic heterocycles. The molecule has 1 amide bonds. The van der Waals surface area contributed by atoms with Gasteiger partial charge in [0.05, 0.1) is 5.69 Å². The van der Waals surface area contributed by atoms with E-state index in [4.69, 9.17) is 4.42 Å². The number of nitrogens with one attached hydrogen (secondary N) is 1. The molecule has 0 spiro atoms. The Labute approximate surface area is 160 Å². The molecule has 28 heavy (non-hydrogen) atoms. The number of aromatic nitrogens is 3. The van der Waals surface area contributed by atoms with Gasteiger partial charge in [-0.25, -0.2) is 0 Å². The number of amides is 1. The standard InChI is InChI=1S/C22H16N4O2/c1-14-11-18-19(25-26(24-18)16-8-3-2-4-9-16)13-17(14)23-22(27)21-12-15-7-5-6-10-20(15)28-21/h2-13H,1H3,(H,23,27). The van der Waals surface area contributed by atoms with Crippen LogP contribution in [-0.2, 0) is 0 Å². The van der Waals surface area contributed by atoms with Gasteiger partial charge >= 0.3 is 0 Å². The monoisotopic (exact) mass is 368 g/mol. The summed E-state index contributed by atoms with van der Waals surface area (Å²) in [5.74, 6) is -0.0252. The highest BCUT2D eigenvalue weighted by Gasteiger charge is 2.15. The van der Waals surface area contributed by atoms with Crippen molar-refractivity contribution < 1.29 is 9.21 Å². The van der Waals surface area contributed by atoms with Crippen molar-refractivity contribution in [1.29, 1.82) is 0 Å². The third-order valence-electron chi connectivity index (χ3n) is 4.61. The Hall–Kier alpha value is -3.93. The van der Waals surface area contributed by atoms with Crippen LogP contribution in [0.3, 0.4) is 0 Å². The number of anilines is 1. The number of hydrogen-bond acceptors (Lipinski definition) is 4. The molecule has 0 bridgehead atoms. The summed E-state index contributed by atoms with van der Waals surface area (Å²) in [5.41, 5.74) is 4.61. The summed E-state index contributed by atoms with van der Waals surface area (Å²) in [5, 5.41) is 12.9. The molecule has 1 N–H and O–H groups in total. The molecule has 0 saturated carbocycles. The maximum atomic E-state index is 12.7. The molecule has 0 fully saturated rings. The summed E-state index contributed by atoms with van der Waals surface area (Å²) < 4.78 is 5.65. The maximum absolute atomic E-state index is 12.7. The van der Waals surface area contributed by atoms with Gasteiger partial charge in [-0.2, -0.15) is 4.80 Å². The molecule has 0 aliphatic heterocycles. The predicted molar refractivity (Wildman–Crippen MR) is 108 cm³/mol. The SMILES string of the molecule is Cc1cc2nn(-c3ccccc3)nc2cc1NC(=O)c1cc2ccccc2o1. The lowest BCUT2D eigenvalue weighted by Gasteiger charge is -2.06. The molecular formula is C22H16N4O2. The van der Waals surface area contributed by atoms with E-state index in [0.717, 1.165) is 22.2 Å². The minimum atomic E-state index is -0.297. The molecule has 0 unspecified atom stereocenters. The zero-order valence-electron chi connectivity index (χ0n) is 15.1. The molecule has 2 heterocycles. The lowest BCUT2D eigenvalue weighted by Crippen LogP contribution is -2.11. The molecule has 0 aliphatic carbocycles. The van der Waals surface area contributed by atoms with Crippen molar-refractivity contribution in [3.8, 4) is 5.69 Å². The fraction of sp³-hybridized carbons (Fsp3) is 0.0455. The summed E-state index contributed by atoms with van der Waals surface area (Å²) in [6, 6.07) is 22.7. The Morgan fingerprint density at radius 3 is 2.43 bits per heavy atom. The number of carbonyl (C=O) groups is 1. The number of carbonyl (C=O) groups excluding carboxylic acids is 1. The van der Waals surface area contributed by atoms with Crippen LogP contribution in [0.25, 0.3) is 27.7 Å². The average Bonchev–Trinajstić information content (AvgIpc) is 3.33. The van der Waals surface area contributed by atoms with E-state index in [9.17, 15) is 4.79 Å². The topological polar surface area (TPSA) is 73.0 Å². The zero-order chi connectivity index (χ0) is 19.1. The summed E-state index contributed by atoms with van der Waals surface area (Å²) in [7, 11) is 0. The number of hydrogen-bond donors (Lipinski definition) is 1. The van der Waals surface area contributed by atoms with Gasteiger partial charge in [0.25, 0.3) is 5.91 Å². The van der Waals surface area contributed by atoms with Crippen LogP contribution in [0, 0.1) is 6.92 Å². The molecule has 6 nitrogen and oxygen atoms in total. The molecule has 0 aliphatic rings. The normalized spacial score (nSPS) is 11.2. The van der Waals surface area contributed by atoms with Gasteiger partial charge in [-0.15, -0.1) is 10.2 Å². The second-order valence-corrected chi connectivity index (χ2v) is 6.58. The highest BCUT2D eigenvalue weighted by molar-refractivity contribution is 6.05. The first kappa shape index (κ1) is 16.3. The molecular weight excluding hydrogens is 352 g/mol. The van der Waals surface area contributed by atoms with Gasteiger partial charge in [-0.05, 0) is 48.9 Å². The van der Waals surface area contributed by atoms with Crippen molar-refractivity contribution >= 4 is 33.6 Å². The quantitative estimate of drug-likeness (QED) is 0.500. The first-order valence-electron chi connectivity index (χ1n) is 8.90. The van der Waals surface area contributed by atoms with Crippen LogP contribution in [0.4, 0.5) is 5.69 Å². The molecule has 3 aromatic carbocycles. The van der Waals surface area contributed by atoms with Crippen LogP contribution in [0.1, 0.15) is 16.1 Å². The van der Waals surface area contributed by atoms with Crippen LogP contribution in [0.15, 0.2) is 77.2 Å². The third kappa shape index (κ3) is 2.81. The van der Waals surface area contributed by atoms with Gasteiger partial charge < -0.3 is 9.73 Å². The van der Waals surface area contributed by atoms with Gasteiger partial charge in [0.2, 0.25) is 0 Å². The minimum absolute atomic E-state index is 0.272. The van der Waals surface area contributed by atoms with Crippen LogP contribution >= 0.6 is 0 Å². The summed E-state index contributed by atoms with van der Waals surface area (Å²) in [6.45, 7) is 1.93. The lowest BCUT2D eigenvalue weighted by molar-refractivity contribution is 0.0998. The smallest absolute Gasteiger partial charge is 0.291 e. The molecule has 5 rings (SSSR count). The Morgan fingerprint density at radius 2 is 1.64 bits per heavy atom. The Kier molecular flexibility index (Phi) is 3.69. The van der Waals surface area contributed by atoms with E-state index in [1.807, 2.05) is 73.7 Å². The van der Waals surface area contributed by atoms with E-state index < -0.39 is 0 Å². The van der Waals surface area contributed by atoms with Gasteiger partial charge in [0.1, 0.15) is 16.6 Å². The van der Waals surface area contributed by atoms with Crippen molar-refractivity contribution in [2.75, 3.05) is 5.32 Å². The minimum Gasteiger partial charge on any atom is -0.451 e. The highest BCUT2D eigenvalue weighted by atomic mass is 16.3. The van der Waals surface area contributed by atoms with Crippen molar-refractivity contribution in [3.63, 3.8) is 0 Å². The van der Waals surface area contributed by atoms with Gasteiger partial charge in [0, 0.05) is 11.1 Å². The van der Waals surface area contributed by atoms with E-state index in [-0.39, 0.29) is 11.7 Å². The molecule has 136 valence electrons. The number of aryl methyl sites for hydroxylation is 1. The number of fused-ring (bicyclic) bond motifs is 2. The number of rotatable bonds is 3. The molecule has 0 saturated heterocycles. The van der Waals surface area contributed by atoms with Crippen molar-refractivity contribution in [2.24, 2.45) is 0 Å². The van der Waals surface area contributed by atoms with Crippen LogP contribution in [0.5, 0.6) is 0 Å². The molecule has 0 radical (unpaired) electrons. The van der Waals surface area contributed by atoms with Crippen LogP contribution in [-0.4, -0.2) is 20.9 Å². The van der Waals surface area contributed by atoms with Crippen LogP contribution < -0.4 is 5.32 Å². The fourth-order valence-electron chi connectivity index (χ4n) is 3.16. The fourth-order valence-corrected chi connectivity index (χ4v) is 3.16. The number of para-hydroxylation sites is 2. The second kappa shape index (κ2) is 6.35. The predicted octanol–water partition coefficient (Wildman–Crippen LogP) is 4.73. The maximum Gasteiger partial charge on any atom is 0.291 e. The lowest BCUT2D eigenvalue weighted by atomic mass is 10.1. The number of furan rings is 1. The van der Waals surface area contributed by atoms with Crippen molar-refractivity contribution in [1.82, 2.24) is 15.0 Å². The first-order chi connectivity index (χ1) is 13.7. The van der Waals surface area contributed by atoms with E-state index in [0.29, 0.717) is 16.8 Å². The largest absolute Gasteiger partial charge is 0.451 e. The van der Waals surface area contributed by atoms with Crippen LogP contribution in [0.2, 0.25) is 0 Å².